The molecule has 0 saturated carbocycles. The van der Waals surface area contributed by atoms with Gasteiger partial charge in [-0.25, -0.2) is 4.79 Å². The Morgan fingerprint density at radius 1 is 1.14 bits per heavy atom. The Kier molecular flexibility index (Phi) is 5.54. The van der Waals surface area contributed by atoms with Crippen molar-refractivity contribution in [2.45, 2.75) is 32.6 Å². The molecular formula is C15H20O5S. The van der Waals surface area contributed by atoms with Crippen LogP contribution in [0.2, 0.25) is 0 Å². The number of carbonyl (C=O) groups excluding carboxylic acids is 1. The molecule has 5 nitrogen and oxygen atoms in total. The molecule has 1 aromatic rings. The van der Waals surface area contributed by atoms with Crippen LogP contribution in [0.1, 0.15) is 26.3 Å². The SMILES string of the molecule is COC(=O)/C(=C(/C)OS(=O)(=O)c1ccc(C)cc1)C(C)C. The third-order valence-electron chi connectivity index (χ3n) is 2.91. The van der Waals surface area contributed by atoms with Gasteiger partial charge in [0, 0.05) is 0 Å². The normalized spacial score (nSPS) is 12.9. The summed E-state index contributed by atoms with van der Waals surface area (Å²) in [6.07, 6.45) is 0. The number of carbonyl (C=O) groups is 1. The second kappa shape index (κ2) is 6.76. The maximum absolute atomic E-state index is 12.2. The molecule has 1 rings (SSSR count). The highest BCUT2D eigenvalue weighted by Gasteiger charge is 2.23. The minimum absolute atomic E-state index is 0.0254. The zero-order chi connectivity index (χ0) is 16.2. The monoisotopic (exact) mass is 312 g/mol. The minimum atomic E-state index is -3.96. The highest BCUT2D eigenvalue weighted by Crippen LogP contribution is 2.22. The number of benzene rings is 1. The van der Waals surface area contributed by atoms with Crippen molar-refractivity contribution in [3.8, 4) is 0 Å². The van der Waals surface area contributed by atoms with Gasteiger partial charge < -0.3 is 8.92 Å². The molecule has 0 aliphatic carbocycles. The summed E-state index contributed by atoms with van der Waals surface area (Å²) in [7, 11) is -2.72. The van der Waals surface area contributed by atoms with Crippen LogP contribution >= 0.6 is 0 Å². The number of methoxy groups -OCH3 is 1. The van der Waals surface area contributed by atoms with Crippen molar-refractivity contribution in [1.29, 1.82) is 0 Å². The molecule has 21 heavy (non-hydrogen) atoms. The number of allylic oxidation sites excluding steroid dienone is 1. The maximum Gasteiger partial charge on any atom is 0.338 e. The van der Waals surface area contributed by atoms with E-state index in [1.54, 1.807) is 26.0 Å². The smallest absolute Gasteiger partial charge is 0.338 e. The lowest BCUT2D eigenvalue weighted by Crippen LogP contribution is -2.15. The van der Waals surface area contributed by atoms with Crippen LogP contribution in [-0.2, 0) is 23.8 Å². The van der Waals surface area contributed by atoms with Crippen LogP contribution in [-0.4, -0.2) is 21.5 Å². The standard InChI is InChI=1S/C15H20O5S/c1-10(2)14(15(16)19-5)12(4)20-21(17,18)13-8-6-11(3)7-9-13/h6-10H,1-5H3/b14-12-. The van der Waals surface area contributed by atoms with Gasteiger partial charge in [-0.3, -0.25) is 0 Å². The van der Waals surface area contributed by atoms with Crippen LogP contribution in [0.3, 0.4) is 0 Å². The van der Waals surface area contributed by atoms with Crippen LogP contribution in [0.15, 0.2) is 40.5 Å². The number of rotatable bonds is 5. The predicted molar refractivity (Wildman–Crippen MR) is 79.0 cm³/mol. The van der Waals surface area contributed by atoms with Gasteiger partial charge in [-0.05, 0) is 31.9 Å². The lowest BCUT2D eigenvalue weighted by atomic mass is 10.0. The molecule has 0 saturated heterocycles. The van der Waals surface area contributed by atoms with E-state index in [-0.39, 0.29) is 22.1 Å². The third-order valence-corrected chi connectivity index (χ3v) is 4.23. The van der Waals surface area contributed by atoms with E-state index in [1.165, 1.54) is 26.2 Å². The minimum Gasteiger partial charge on any atom is -0.466 e. The predicted octanol–water partition coefficient (Wildman–Crippen LogP) is 2.80. The third kappa shape index (κ3) is 4.32. The van der Waals surface area contributed by atoms with E-state index in [1.807, 2.05) is 6.92 Å². The number of ether oxygens (including phenoxy) is 1. The summed E-state index contributed by atoms with van der Waals surface area (Å²) in [5.74, 6) is -0.787. The summed E-state index contributed by atoms with van der Waals surface area (Å²) < 4.78 is 34.1. The van der Waals surface area contributed by atoms with Crippen molar-refractivity contribution in [2.24, 2.45) is 5.92 Å². The van der Waals surface area contributed by atoms with Crippen LogP contribution < -0.4 is 0 Å². The van der Waals surface area contributed by atoms with Gasteiger partial charge in [-0.1, -0.05) is 31.5 Å². The van der Waals surface area contributed by atoms with Gasteiger partial charge in [0.1, 0.15) is 10.7 Å². The summed E-state index contributed by atoms with van der Waals surface area (Å²) in [5.41, 5.74) is 1.15. The fourth-order valence-corrected chi connectivity index (χ4v) is 2.84. The molecule has 0 aliphatic heterocycles. The molecule has 116 valence electrons. The lowest BCUT2D eigenvalue weighted by Gasteiger charge is -2.14. The number of esters is 1. The van der Waals surface area contributed by atoms with E-state index in [0.29, 0.717) is 0 Å². The first kappa shape index (κ1) is 17.2. The highest BCUT2D eigenvalue weighted by molar-refractivity contribution is 7.86. The second-order valence-electron chi connectivity index (χ2n) is 4.97. The van der Waals surface area contributed by atoms with Crippen molar-refractivity contribution >= 4 is 16.1 Å². The van der Waals surface area contributed by atoms with Gasteiger partial charge >= 0.3 is 16.1 Å². The Balaban J connectivity index is 3.17. The van der Waals surface area contributed by atoms with Crippen LogP contribution in [0.5, 0.6) is 0 Å². The Morgan fingerprint density at radius 3 is 2.10 bits per heavy atom. The van der Waals surface area contributed by atoms with Gasteiger partial charge in [0.25, 0.3) is 0 Å². The van der Waals surface area contributed by atoms with Crippen molar-refractivity contribution in [2.75, 3.05) is 7.11 Å². The highest BCUT2D eigenvalue weighted by atomic mass is 32.2. The van der Waals surface area contributed by atoms with Gasteiger partial charge in [0.05, 0.1) is 12.7 Å². The molecule has 0 atom stereocenters. The fourth-order valence-electron chi connectivity index (χ4n) is 1.86. The number of hydrogen-bond acceptors (Lipinski definition) is 5. The quantitative estimate of drug-likeness (QED) is 0.362. The molecule has 0 heterocycles. The maximum atomic E-state index is 12.2. The largest absolute Gasteiger partial charge is 0.466 e. The summed E-state index contributed by atoms with van der Waals surface area (Å²) in [6, 6.07) is 6.29. The van der Waals surface area contributed by atoms with E-state index in [9.17, 15) is 13.2 Å². The van der Waals surface area contributed by atoms with E-state index < -0.39 is 16.1 Å². The van der Waals surface area contributed by atoms with E-state index in [0.717, 1.165) is 5.56 Å². The molecular weight excluding hydrogens is 292 g/mol. The molecule has 0 spiro atoms. The fraction of sp³-hybridized carbons (Fsp3) is 0.400. The zero-order valence-electron chi connectivity index (χ0n) is 12.8. The molecule has 6 heteroatoms. The van der Waals surface area contributed by atoms with Crippen LogP contribution in [0.25, 0.3) is 0 Å². The van der Waals surface area contributed by atoms with Crippen LogP contribution in [0.4, 0.5) is 0 Å². The first-order valence-corrected chi connectivity index (χ1v) is 7.90. The summed E-state index contributed by atoms with van der Waals surface area (Å²) in [5, 5.41) is 0. The van der Waals surface area contributed by atoms with Gasteiger partial charge in [-0.15, -0.1) is 0 Å². The molecule has 0 N–H and O–H groups in total. The average Bonchev–Trinajstić information content (AvgIpc) is 2.37. The second-order valence-corrected chi connectivity index (χ2v) is 6.51. The lowest BCUT2D eigenvalue weighted by molar-refractivity contribution is -0.136. The van der Waals surface area contributed by atoms with E-state index in [2.05, 4.69) is 4.74 Å². The molecule has 0 amide bonds. The zero-order valence-corrected chi connectivity index (χ0v) is 13.7. The summed E-state index contributed by atoms with van der Waals surface area (Å²) in [4.78, 5) is 11.7. The molecule has 0 unspecified atom stereocenters. The van der Waals surface area contributed by atoms with E-state index >= 15 is 0 Å². The van der Waals surface area contributed by atoms with Crippen molar-refractivity contribution in [1.82, 2.24) is 0 Å². The average molecular weight is 312 g/mol. The van der Waals surface area contributed by atoms with E-state index in [4.69, 9.17) is 4.18 Å². The Morgan fingerprint density at radius 2 is 1.67 bits per heavy atom. The topological polar surface area (TPSA) is 69.7 Å². The molecule has 0 aromatic heterocycles. The van der Waals surface area contributed by atoms with Crippen molar-refractivity contribution in [3.05, 3.63) is 41.2 Å². The molecule has 0 aliphatic rings. The summed E-state index contributed by atoms with van der Waals surface area (Å²) >= 11 is 0. The molecule has 0 radical (unpaired) electrons. The Hall–Kier alpha value is -1.82. The van der Waals surface area contributed by atoms with Crippen molar-refractivity contribution in [3.63, 3.8) is 0 Å². The first-order valence-electron chi connectivity index (χ1n) is 6.49. The van der Waals surface area contributed by atoms with Crippen LogP contribution in [0, 0.1) is 12.8 Å². The van der Waals surface area contributed by atoms with Gasteiger partial charge in [-0.2, -0.15) is 8.42 Å². The molecule has 0 bridgehead atoms. The van der Waals surface area contributed by atoms with Crippen molar-refractivity contribution < 1.29 is 22.1 Å². The molecule has 0 fully saturated rings. The van der Waals surface area contributed by atoms with Gasteiger partial charge in [0.15, 0.2) is 0 Å². The molecule has 1 aromatic carbocycles. The Labute approximate surface area is 125 Å². The first-order chi connectivity index (χ1) is 9.69. The number of aryl methyl sites for hydroxylation is 1. The number of hydrogen-bond donors (Lipinski definition) is 0. The van der Waals surface area contributed by atoms with Gasteiger partial charge in [0.2, 0.25) is 0 Å². The Bertz CT molecular complexity index is 639. The summed E-state index contributed by atoms with van der Waals surface area (Å²) in [6.45, 7) is 6.82.